The van der Waals surface area contributed by atoms with Crippen molar-refractivity contribution < 1.29 is 17.9 Å². The topological polar surface area (TPSA) is 12.5 Å². The first-order valence-corrected chi connectivity index (χ1v) is 12.1. The molecule has 1 atom stereocenters. The van der Waals surface area contributed by atoms with Crippen LogP contribution < -0.4 is 0 Å². The predicted molar refractivity (Wildman–Crippen MR) is 128 cm³/mol. The number of hydrogen-bond donors (Lipinski definition) is 0. The second-order valence-electron chi connectivity index (χ2n) is 9.07. The van der Waals surface area contributed by atoms with Gasteiger partial charge in [0.1, 0.15) is 6.10 Å². The van der Waals surface area contributed by atoms with E-state index < -0.39 is 11.7 Å². The van der Waals surface area contributed by atoms with Gasteiger partial charge in [0.25, 0.3) is 0 Å². The molecule has 34 heavy (non-hydrogen) atoms. The number of benzene rings is 3. The first-order chi connectivity index (χ1) is 16.2. The number of rotatable bonds is 4. The third-order valence-electron chi connectivity index (χ3n) is 6.90. The fourth-order valence-corrected chi connectivity index (χ4v) is 5.73. The standard InChI is InChI=1S/C27H24Cl2F3NO/c28-21-15-19(16-22(29)17-21)25-23-6-1-2-7-24(23)26(34-25)9-12-33(13-10-26)11-8-18-4-3-5-20(14-18)27(30,31)32/h1-7,14-17,25H,8-13H2. The fraction of sp³-hybridized carbons (Fsp3) is 0.333. The minimum Gasteiger partial charge on any atom is -0.358 e. The molecule has 3 aromatic carbocycles. The molecule has 7 heteroatoms. The highest BCUT2D eigenvalue weighted by Crippen LogP contribution is 2.51. The summed E-state index contributed by atoms with van der Waals surface area (Å²) in [6.45, 7) is 2.35. The van der Waals surface area contributed by atoms with Crippen LogP contribution in [0.2, 0.25) is 10.0 Å². The highest BCUT2D eigenvalue weighted by molar-refractivity contribution is 6.34. The van der Waals surface area contributed by atoms with Crippen molar-refractivity contribution >= 4 is 23.2 Å². The van der Waals surface area contributed by atoms with Crippen LogP contribution >= 0.6 is 23.2 Å². The summed E-state index contributed by atoms with van der Waals surface area (Å²) in [6, 6.07) is 19.4. The predicted octanol–water partition coefficient (Wildman–Crippen LogP) is 7.67. The molecule has 0 aromatic heterocycles. The largest absolute Gasteiger partial charge is 0.416 e. The van der Waals surface area contributed by atoms with Gasteiger partial charge in [-0.1, -0.05) is 65.7 Å². The molecule has 2 aliphatic rings. The van der Waals surface area contributed by atoms with E-state index in [1.54, 1.807) is 12.1 Å². The van der Waals surface area contributed by atoms with Crippen LogP contribution in [-0.4, -0.2) is 24.5 Å². The number of ether oxygens (including phenoxy) is 1. The second-order valence-corrected chi connectivity index (χ2v) is 9.94. The van der Waals surface area contributed by atoms with E-state index in [4.69, 9.17) is 27.9 Å². The third kappa shape index (κ3) is 4.72. The van der Waals surface area contributed by atoms with E-state index >= 15 is 0 Å². The van der Waals surface area contributed by atoms with E-state index in [-0.39, 0.29) is 11.7 Å². The number of fused-ring (bicyclic) bond motifs is 2. The van der Waals surface area contributed by atoms with Gasteiger partial charge in [0.05, 0.1) is 11.2 Å². The van der Waals surface area contributed by atoms with Gasteiger partial charge >= 0.3 is 6.18 Å². The normalized spacial score (nSPS) is 20.0. The van der Waals surface area contributed by atoms with E-state index in [1.807, 2.05) is 24.3 Å². The number of hydrogen-bond acceptors (Lipinski definition) is 2. The molecule has 0 saturated carbocycles. The van der Waals surface area contributed by atoms with Gasteiger partial charge in [-0.2, -0.15) is 13.2 Å². The molecule has 3 aromatic rings. The summed E-state index contributed by atoms with van der Waals surface area (Å²) in [7, 11) is 0. The molecule has 5 rings (SSSR count). The van der Waals surface area contributed by atoms with Crippen molar-refractivity contribution in [2.45, 2.75) is 37.1 Å². The van der Waals surface area contributed by atoms with Crippen molar-refractivity contribution in [3.63, 3.8) is 0 Å². The van der Waals surface area contributed by atoms with Crippen molar-refractivity contribution in [1.82, 2.24) is 4.90 Å². The van der Waals surface area contributed by atoms with E-state index in [2.05, 4.69) is 17.0 Å². The summed E-state index contributed by atoms with van der Waals surface area (Å²) >= 11 is 12.5. The lowest BCUT2D eigenvalue weighted by Gasteiger charge is -2.40. The average molecular weight is 506 g/mol. The molecule has 2 aliphatic heterocycles. The van der Waals surface area contributed by atoms with Gasteiger partial charge in [0, 0.05) is 29.7 Å². The van der Waals surface area contributed by atoms with Gasteiger partial charge < -0.3 is 9.64 Å². The van der Waals surface area contributed by atoms with Gasteiger partial charge in [-0.25, -0.2) is 0 Å². The molecule has 178 valence electrons. The van der Waals surface area contributed by atoms with Gasteiger partial charge in [-0.05, 0) is 65.8 Å². The number of halogens is 5. The lowest BCUT2D eigenvalue weighted by Crippen LogP contribution is -2.43. The summed E-state index contributed by atoms with van der Waals surface area (Å²) in [6.07, 6.45) is -2.33. The Morgan fingerprint density at radius 2 is 1.62 bits per heavy atom. The Balaban J connectivity index is 1.29. The second kappa shape index (κ2) is 9.19. The summed E-state index contributed by atoms with van der Waals surface area (Å²) in [5, 5.41) is 1.16. The fourth-order valence-electron chi connectivity index (χ4n) is 5.18. The Hall–Kier alpha value is -2.05. The number of likely N-dealkylation sites (tertiary alicyclic amines) is 1. The number of piperidine rings is 1. The molecule has 2 nitrogen and oxygen atoms in total. The van der Waals surface area contributed by atoms with Crippen LogP contribution in [0.15, 0.2) is 66.7 Å². The summed E-state index contributed by atoms with van der Waals surface area (Å²) < 4.78 is 45.8. The average Bonchev–Trinajstić information content (AvgIpc) is 3.12. The van der Waals surface area contributed by atoms with Crippen LogP contribution in [0.1, 0.15) is 46.8 Å². The Kier molecular flexibility index (Phi) is 6.40. The van der Waals surface area contributed by atoms with Crippen LogP contribution in [0.4, 0.5) is 13.2 Å². The van der Waals surface area contributed by atoms with Gasteiger partial charge in [-0.3, -0.25) is 0 Å². The lowest BCUT2D eigenvalue weighted by molar-refractivity contribution is -0.137. The first-order valence-electron chi connectivity index (χ1n) is 11.4. The first kappa shape index (κ1) is 23.7. The lowest BCUT2D eigenvalue weighted by atomic mass is 9.83. The van der Waals surface area contributed by atoms with Gasteiger partial charge in [-0.15, -0.1) is 0 Å². The maximum atomic E-state index is 13.0. The SMILES string of the molecule is FC(F)(F)c1cccc(CCN2CCC3(CC2)OC(c2cc(Cl)cc(Cl)c2)c2ccccc23)c1. The molecule has 1 fully saturated rings. The molecule has 0 N–H and O–H groups in total. The molecular formula is C27H24Cl2F3NO. The molecule has 0 aliphatic carbocycles. The van der Waals surface area contributed by atoms with Crippen LogP contribution in [0.3, 0.4) is 0 Å². The Morgan fingerprint density at radius 3 is 2.32 bits per heavy atom. The molecule has 0 radical (unpaired) electrons. The molecule has 0 amide bonds. The molecule has 1 spiro atoms. The minimum absolute atomic E-state index is 0.232. The highest BCUT2D eigenvalue weighted by Gasteiger charge is 2.47. The van der Waals surface area contributed by atoms with Crippen LogP contribution in [0.5, 0.6) is 0 Å². The molecule has 2 heterocycles. The monoisotopic (exact) mass is 505 g/mol. The van der Waals surface area contributed by atoms with Crippen molar-refractivity contribution in [3.8, 4) is 0 Å². The number of nitrogens with zero attached hydrogens (tertiary/aromatic N) is 1. The van der Waals surface area contributed by atoms with E-state index in [9.17, 15) is 13.2 Å². The van der Waals surface area contributed by atoms with Crippen LogP contribution in [-0.2, 0) is 22.9 Å². The zero-order valence-electron chi connectivity index (χ0n) is 18.4. The minimum atomic E-state index is -4.32. The van der Waals surface area contributed by atoms with Crippen molar-refractivity contribution in [3.05, 3.63) is 105 Å². The van der Waals surface area contributed by atoms with Gasteiger partial charge in [0.15, 0.2) is 0 Å². The quantitative estimate of drug-likeness (QED) is 0.360. The highest BCUT2D eigenvalue weighted by atomic mass is 35.5. The maximum Gasteiger partial charge on any atom is 0.416 e. The van der Waals surface area contributed by atoms with Gasteiger partial charge in [0.2, 0.25) is 0 Å². The zero-order chi connectivity index (χ0) is 23.9. The van der Waals surface area contributed by atoms with E-state index in [1.165, 1.54) is 17.7 Å². The Labute approximate surface area is 207 Å². The molecular weight excluding hydrogens is 482 g/mol. The summed E-state index contributed by atoms with van der Waals surface area (Å²) in [5.41, 5.74) is 3.00. The molecule has 1 unspecified atom stereocenters. The van der Waals surface area contributed by atoms with Crippen molar-refractivity contribution in [2.24, 2.45) is 0 Å². The van der Waals surface area contributed by atoms with Crippen LogP contribution in [0.25, 0.3) is 0 Å². The smallest absolute Gasteiger partial charge is 0.358 e. The number of alkyl halides is 3. The van der Waals surface area contributed by atoms with Crippen molar-refractivity contribution in [1.29, 1.82) is 0 Å². The van der Waals surface area contributed by atoms with Crippen LogP contribution in [0, 0.1) is 0 Å². The molecule has 1 saturated heterocycles. The van der Waals surface area contributed by atoms with Crippen molar-refractivity contribution in [2.75, 3.05) is 19.6 Å². The molecule has 0 bridgehead atoms. The summed E-state index contributed by atoms with van der Waals surface area (Å²) in [5.74, 6) is 0. The third-order valence-corrected chi connectivity index (χ3v) is 7.34. The Morgan fingerprint density at radius 1 is 0.912 bits per heavy atom. The summed E-state index contributed by atoms with van der Waals surface area (Å²) in [4.78, 5) is 2.31. The maximum absolute atomic E-state index is 13.0. The Bertz CT molecular complexity index is 1170. The van der Waals surface area contributed by atoms with E-state index in [0.29, 0.717) is 28.6 Å². The van der Waals surface area contributed by atoms with E-state index in [0.717, 1.165) is 43.1 Å². The zero-order valence-corrected chi connectivity index (χ0v) is 19.9.